The van der Waals surface area contributed by atoms with Gasteiger partial charge in [0.25, 0.3) is 0 Å². The summed E-state index contributed by atoms with van der Waals surface area (Å²) in [4.78, 5) is 37.0. The Balaban J connectivity index is 4.32. The molecule has 0 heterocycles. The standard InChI is InChI=1S/C55H91NO7/c1-6-8-10-12-14-16-18-20-22-24-26-27-28-30-31-33-35-37-39-41-43-45-53(57)62-50-51(49-61-48-47-52(55(59)60)56(3,4)5)63-54(58)46-44-42-40-38-36-34-32-29-25-23-21-19-17-15-13-11-9-7-2/h8,10-11,13-17,19-23,25,29,32,51-52H,6-7,9,12,18,24,26-28,30-31,33-50H2,1-5H3/b10-8+,13-11+,16-14+,17-15+,21-19+,22-20+,25-23+,32-29+. The van der Waals surface area contributed by atoms with E-state index in [0.29, 0.717) is 6.42 Å². The van der Waals surface area contributed by atoms with E-state index in [9.17, 15) is 19.5 Å². The summed E-state index contributed by atoms with van der Waals surface area (Å²) < 4.78 is 17.2. The number of aliphatic carboxylic acids is 1. The van der Waals surface area contributed by atoms with E-state index in [2.05, 4.69) is 74.6 Å². The van der Waals surface area contributed by atoms with Crippen LogP contribution in [0.5, 0.6) is 0 Å². The van der Waals surface area contributed by atoms with Crippen molar-refractivity contribution in [2.24, 2.45) is 0 Å². The van der Waals surface area contributed by atoms with E-state index in [4.69, 9.17) is 14.2 Å². The van der Waals surface area contributed by atoms with Crippen LogP contribution >= 0.6 is 0 Å². The Bertz CT molecular complexity index is 1350. The number of rotatable bonds is 43. The monoisotopic (exact) mass is 878 g/mol. The smallest absolute Gasteiger partial charge is 0.306 e. The SMILES string of the molecule is CC/C=C/C/C=C/C/C=C/CCCCCCCCCCCCCC(=O)OCC(COCCC(C(=O)[O-])[N+](C)(C)C)OC(=O)CCCCCCC/C=C/C=C/C=C/C=C/C=C/CCC. The van der Waals surface area contributed by atoms with Gasteiger partial charge in [0.05, 0.1) is 40.3 Å². The number of carbonyl (C=O) groups excluding carboxylic acids is 3. The number of likely N-dealkylation sites (N-methyl/N-ethyl adjacent to an activating group) is 1. The average molecular weight is 878 g/mol. The largest absolute Gasteiger partial charge is 0.544 e. The highest BCUT2D eigenvalue weighted by atomic mass is 16.6. The summed E-state index contributed by atoms with van der Waals surface area (Å²) in [7, 11) is 5.39. The van der Waals surface area contributed by atoms with Crippen molar-refractivity contribution in [3.05, 3.63) is 97.2 Å². The zero-order valence-corrected chi connectivity index (χ0v) is 40.7. The Morgan fingerprint density at radius 1 is 0.508 bits per heavy atom. The van der Waals surface area contributed by atoms with Crippen molar-refractivity contribution in [3.8, 4) is 0 Å². The van der Waals surface area contributed by atoms with E-state index >= 15 is 0 Å². The Kier molecular flexibility index (Phi) is 42.2. The van der Waals surface area contributed by atoms with E-state index < -0.39 is 18.1 Å². The molecule has 63 heavy (non-hydrogen) atoms. The first-order valence-corrected chi connectivity index (χ1v) is 24.8. The zero-order chi connectivity index (χ0) is 46.3. The fraction of sp³-hybridized carbons (Fsp3) is 0.655. The van der Waals surface area contributed by atoms with Crippen molar-refractivity contribution in [1.29, 1.82) is 0 Å². The molecule has 2 unspecified atom stereocenters. The van der Waals surface area contributed by atoms with Crippen LogP contribution in [0.15, 0.2) is 97.2 Å². The van der Waals surface area contributed by atoms with E-state index in [1.54, 1.807) is 21.1 Å². The van der Waals surface area contributed by atoms with Crippen molar-refractivity contribution in [2.75, 3.05) is 41.0 Å². The number of unbranched alkanes of at least 4 members (excludes halogenated alkanes) is 17. The van der Waals surface area contributed by atoms with Gasteiger partial charge in [0.15, 0.2) is 6.10 Å². The third kappa shape index (κ3) is 43.3. The lowest BCUT2D eigenvalue weighted by atomic mass is 10.0. The van der Waals surface area contributed by atoms with Gasteiger partial charge in [0.2, 0.25) is 0 Å². The number of carbonyl (C=O) groups is 3. The molecule has 8 heteroatoms. The quantitative estimate of drug-likeness (QED) is 0.0198. The molecular formula is C55H91NO7. The maximum atomic E-state index is 12.8. The second-order valence-corrected chi connectivity index (χ2v) is 17.4. The molecule has 0 radical (unpaired) electrons. The van der Waals surface area contributed by atoms with E-state index in [1.807, 2.05) is 36.5 Å². The lowest BCUT2D eigenvalue weighted by Gasteiger charge is -2.34. The van der Waals surface area contributed by atoms with Crippen LogP contribution in [0.1, 0.15) is 181 Å². The molecule has 0 aromatic carbocycles. The molecule has 358 valence electrons. The molecule has 0 fully saturated rings. The molecule has 8 nitrogen and oxygen atoms in total. The predicted octanol–water partition coefficient (Wildman–Crippen LogP) is 12.9. The van der Waals surface area contributed by atoms with Crippen LogP contribution in [0, 0.1) is 0 Å². The molecule has 0 bridgehead atoms. The summed E-state index contributed by atoms with van der Waals surface area (Å²) in [6.45, 7) is 4.43. The molecule has 2 atom stereocenters. The molecule has 0 aliphatic carbocycles. The number of carboxylic acids is 1. The number of nitrogens with zero attached hydrogens (tertiary/aromatic N) is 1. The van der Waals surface area contributed by atoms with Crippen LogP contribution in [-0.2, 0) is 28.6 Å². The Morgan fingerprint density at radius 3 is 1.46 bits per heavy atom. The van der Waals surface area contributed by atoms with Gasteiger partial charge in [-0.2, -0.15) is 0 Å². The van der Waals surface area contributed by atoms with Crippen LogP contribution in [0.2, 0.25) is 0 Å². The van der Waals surface area contributed by atoms with Crippen molar-refractivity contribution in [2.45, 2.75) is 193 Å². The van der Waals surface area contributed by atoms with Gasteiger partial charge in [-0.1, -0.05) is 195 Å². The third-order valence-electron chi connectivity index (χ3n) is 10.6. The van der Waals surface area contributed by atoms with Gasteiger partial charge in [0, 0.05) is 19.3 Å². The van der Waals surface area contributed by atoms with E-state index in [0.717, 1.165) is 83.5 Å². The fourth-order valence-corrected chi connectivity index (χ4v) is 6.76. The van der Waals surface area contributed by atoms with Gasteiger partial charge < -0.3 is 28.6 Å². The first kappa shape index (κ1) is 59.2. The zero-order valence-electron chi connectivity index (χ0n) is 40.7. The molecule has 0 amide bonds. The highest BCUT2D eigenvalue weighted by Crippen LogP contribution is 2.14. The maximum absolute atomic E-state index is 12.8. The van der Waals surface area contributed by atoms with Gasteiger partial charge in [-0.25, -0.2) is 0 Å². The highest BCUT2D eigenvalue weighted by molar-refractivity contribution is 5.70. The minimum Gasteiger partial charge on any atom is -0.544 e. The van der Waals surface area contributed by atoms with Crippen LogP contribution in [0.25, 0.3) is 0 Å². The summed E-state index contributed by atoms with van der Waals surface area (Å²) >= 11 is 0. The molecule has 0 rings (SSSR count). The van der Waals surface area contributed by atoms with Crippen LogP contribution < -0.4 is 5.11 Å². The minimum atomic E-state index is -1.13. The molecule has 0 spiro atoms. The molecule has 0 saturated heterocycles. The van der Waals surface area contributed by atoms with Crippen LogP contribution in [-0.4, -0.2) is 75.5 Å². The predicted molar refractivity (Wildman–Crippen MR) is 263 cm³/mol. The second kappa shape index (κ2) is 44.8. The number of quaternary nitrogens is 1. The normalized spacial score (nSPS) is 13.7. The second-order valence-electron chi connectivity index (χ2n) is 17.4. The third-order valence-corrected chi connectivity index (χ3v) is 10.6. The molecule has 0 aromatic rings. The van der Waals surface area contributed by atoms with E-state index in [1.165, 1.54) is 64.2 Å². The van der Waals surface area contributed by atoms with Crippen LogP contribution in [0.4, 0.5) is 0 Å². The summed E-state index contributed by atoms with van der Waals surface area (Å²) in [5, 5.41) is 11.7. The Morgan fingerprint density at radius 2 is 0.952 bits per heavy atom. The molecule has 0 aliphatic rings. The van der Waals surface area contributed by atoms with Gasteiger partial charge in [-0.15, -0.1) is 0 Å². The number of esters is 2. The Hall–Kier alpha value is -3.75. The van der Waals surface area contributed by atoms with Gasteiger partial charge in [0.1, 0.15) is 12.6 Å². The average Bonchev–Trinajstić information content (AvgIpc) is 3.24. The molecular weight excluding hydrogens is 787 g/mol. The molecule has 0 aromatic heterocycles. The lowest BCUT2D eigenvalue weighted by Crippen LogP contribution is -2.55. The maximum Gasteiger partial charge on any atom is 0.306 e. The first-order chi connectivity index (χ1) is 30.6. The van der Waals surface area contributed by atoms with Gasteiger partial charge in [-0.3, -0.25) is 9.59 Å². The molecule has 0 saturated carbocycles. The summed E-state index contributed by atoms with van der Waals surface area (Å²) in [6.07, 6.45) is 60.0. The van der Waals surface area contributed by atoms with E-state index in [-0.39, 0.29) is 49.1 Å². The topological polar surface area (TPSA) is 102 Å². The number of ether oxygens (including phenoxy) is 3. The number of hydrogen-bond acceptors (Lipinski definition) is 7. The van der Waals surface area contributed by atoms with Crippen molar-refractivity contribution < 1.29 is 38.2 Å². The number of hydrogen-bond donors (Lipinski definition) is 0. The summed E-state index contributed by atoms with van der Waals surface area (Å²) in [5.41, 5.74) is 0. The fourth-order valence-electron chi connectivity index (χ4n) is 6.76. The first-order valence-electron chi connectivity index (χ1n) is 24.8. The number of allylic oxidation sites excluding steroid dienone is 16. The van der Waals surface area contributed by atoms with Crippen LogP contribution in [0.3, 0.4) is 0 Å². The van der Waals surface area contributed by atoms with Gasteiger partial charge >= 0.3 is 11.9 Å². The summed E-state index contributed by atoms with van der Waals surface area (Å²) in [5.74, 6) is -1.78. The lowest BCUT2D eigenvalue weighted by molar-refractivity contribution is -0.889. The Labute approximate surface area is 386 Å². The highest BCUT2D eigenvalue weighted by Gasteiger charge is 2.25. The number of carboxylic acid groups (broad SMARTS) is 1. The molecule has 0 N–H and O–H groups in total. The van der Waals surface area contributed by atoms with Gasteiger partial charge in [-0.05, 0) is 64.2 Å². The van der Waals surface area contributed by atoms with Crippen molar-refractivity contribution >= 4 is 17.9 Å². The summed E-state index contributed by atoms with van der Waals surface area (Å²) in [6, 6.07) is -0.737. The van der Waals surface area contributed by atoms with Crippen molar-refractivity contribution in [3.63, 3.8) is 0 Å². The molecule has 0 aliphatic heterocycles. The van der Waals surface area contributed by atoms with Crippen molar-refractivity contribution in [1.82, 2.24) is 0 Å². The minimum absolute atomic E-state index is 0.0237.